The predicted octanol–water partition coefficient (Wildman–Crippen LogP) is 5.27. The molecule has 1 amide bonds. The average Bonchev–Trinajstić information content (AvgIpc) is 3.27. The second-order valence-corrected chi connectivity index (χ2v) is 11.2. The van der Waals surface area contributed by atoms with Crippen LogP contribution in [-0.4, -0.2) is 77.1 Å². The van der Waals surface area contributed by atoms with Gasteiger partial charge in [0.2, 0.25) is 0 Å². The van der Waals surface area contributed by atoms with E-state index < -0.39 is 24.0 Å². The van der Waals surface area contributed by atoms with E-state index in [2.05, 4.69) is 30.0 Å². The van der Waals surface area contributed by atoms with Gasteiger partial charge in [-0.1, -0.05) is 29.3 Å². The number of likely N-dealkylation sites (tertiary alicyclic amines) is 1. The lowest BCUT2D eigenvalue weighted by Gasteiger charge is -2.47. The van der Waals surface area contributed by atoms with Gasteiger partial charge in [-0.15, -0.1) is 0 Å². The molecule has 0 aliphatic carbocycles. The third-order valence-corrected chi connectivity index (χ3v) is 8.33. The van der Waals surface area contributed by atoms with E-state index in [-0.39, 0.29) is 11.2 Å². The number of hydrogen-bond acceptors (Lipinski definition) is 7. The van der Waals surface area contributed by atoms with E-state index in [1.54, 1.807) is 25.1 Å². The number of nitrogens with zero attached hydrogens (tertiary/aromatic N) is 6. The van der Waals surface area contributed by atoms with Crippen LogP contribution in [0.4, 0.5) is 23.8 Å². The lowest BCUT2D eigenvalue weighted by Crippen LogP contribution is -2.54. The quantitative estimate of drug-likeness (QED) is 0.396. The van der Waals surface area contributed by atoms with Crippen molar-refractivity contribution in [2.45, 2.75) is 32.0 Å². The van der Waals surface area contributed by atoms with Gasteiger partial charge >= 0.3 is 12.3 Å². The van der Waals surface area contributed by atoms with Crippen LogP contribution >= 0.6 is 23.2 Å². The molecule has 1 aromatic carbocycles. The molecule has 2 atom stereocenters. The molecule has 4 heterocycles. The van der Waals surface area contributed by atoms with Crippen molar-refractivity contribution in [2.75, 3.05) is 51.3 Å². The lowest BCUT2D eigenvalue weighted by molar-refractivity contribution is -0.140. The van der Waals surface area contributed by atoms with Crippen LogP contribution in [0.1, 0.15) is 37.1 Å². The topological polar surface area (TPSA) is 88.4 Å². The van der Waals surface area contributed by atoms with Gasteiger partial charge in [0.15, 0.2) is 11.3 Å². The van der Waals surface area contributed by atoms with Crippen molar-refractivity contribution >= 4 is 46.3 Å². The van der Waals surface area contributed by atoms with Crippen LogP contribution in [0.25, 0.3) is 11.2 Å². The van der Waals surface area contributed by atoms with Gasteiger partial charge in [-0.3, -0.25) is 0 Å². The van der Waals surface area contributed by atoms with E-state index in [4.69, 9.17) is 23.2 Å². The van der Waals surface area contributed by atoms with E-state index in [9.17, 15) is 18.0 Å². The van der Waals surface area contributed by atoms with Crippen LogP contribution in [-0.2, 0) is 10.9 Å². The molecule has 2 aliphatic rings. The van der Waals surface area contributed by atoms with Crippen LogP contribution in [0, 0.1) is 11.8 Å². The minimum atomic E-state index is -4.69. The number of ether oxygens (including phenoxy) is 1. The largest absolute Gasteiger partial charge is 0.453 e. The number of alkyl carbamates (subject to hydrolysis) is 1. The summed E-state index contributed by atoms with van der Waals surface area (Å²) in [4.78, 5) is 24.5. The molecule has 2 fully saturated rings. The molecular formula is C26H30Cl2F3N7O2. The van der Waals surface area contributed by atoms with Crippen LogP contribution in [0.15, 0.2) is 24.4 Å². The first kappa shape index (κ1) is 28.7. The fourth-order valence-corrected chi connectivity index (χ4v) is 6.12. The predicted molar refractivity (Wildman–Crippen MR) is 146 cm³/mol. The molecule has 2 aromatic heterocycles. The monoisotopic (exact) mass is 599 g/mol. The minimum Gasteiger partial charge on any atom is -0.453 e. The van der Waals surface area contributed by atoms with Crippen molar-refractivity contribution in [3.63, 3.8) is 0 Å². The molecule has 40 heavy (non-hydrogen) atoms. The van der Waals surface area contributed by atoms with Gasteiger partial charge in [-0.2, -0.15) is 18.3 Å². The Morgan fingerprint density at radius 2 is 2.00 bits per heavy atom. The first-order valence-electron chi connectivity index (χ1n) is 13.1. The number of anilines is 1. The molecule has 0 bridgehead atoms. The number of piperidine rings is 1. The Labute approximate surface area is 239 Å². The number of rotatable bonds is 7. The highest BCUT2D eigenvalue weighted by Gasteiger charge is 2.40. The van der Waals surface area contributed by atoms with Crippen LogP contribution in [0.2, 0.25) is 10.0 Å². The van der Waals surface area contributed by atoms with Gasteiger partial charge in [0.25, 0.3) is 0 Å². The average molecular weight is 600 g/mol. The minimum absolute atomic E-state index is 0.0498. The summed E-state index contributed by atoms with van der Waals surface area (Å²) in [5.41, 5.74) is -0.754. The number of aromatic nitrogens is 4. The van der Waals surface area contributed by atoms with Crippen molar-refractivity contribution in [2.24, 2.45) is 11.8 Å². The maximum absolute atomic E-state index is 13.9. The van der Waals surface area contributed by atoms with Crippen LogP contribution in [0.3, 0.4) is 0 Å². The van der Waals surface area contributed by atoms with Gasteiger partial charge in [0.1, 0.15) is 11.3 Å². The number of amides is 1. The van der Waals surface area contributed by atoms with Gasteiger partial charge in [0.05, 0.1) is 19.3 Å². The number of fused-ring (bicyclic) bond motifs is 1. The Morgan fingerprint density at radius 1 is 1.23 bits per heavy atom. The Kier molecular flexibility index (Phi) is 8.30. The number of methoxy groups -OCH3 is 1. The maximum atomic E-state index is 13.9. The van der Waals surface area contributed by atoms with Crippen molar-refractivity contribution in [1.82, 2.24) is 30.0 Å². The molecule has 9 nitrogen and oxygen atoms in total. The molecule has 0 unspecified atom stereocenters. The number of halogens is 5. The number of carbonyl (C=O) groups excluding carboxylic acids is 1. The summed E-state index contributed by atoms with van der Waals surface area (Å²) in [6.45, 7) is 6.41. The smallest absolute Gasteiger partial charge is 0.437 e. The Morgan fingerprint density at radius 3 is 2.70 bits per heavy atom. The molecular weight excluding hydrogens is 570 g/mol. The molecule has 0 radical (unpaired) electrons. The third-order valence-electron chi connectivity index (χ3n) is 7.76. The van der Waals surface area contributed by atoms with Crippen molar-refractivity contribution in [1.29, 1.82) is 0 Å². The first-order valence-corrected chi connectivity index (χ1v) is 13.9. The normalized spacial score (nSPS) is 19.5. The van der Waals surface area contributed by atoms with E-state index in [1.807, 2.05) is 4.90 Å². The van der Waals surface area contributed by atoms with Gasteiger partial charge in [0, 0.05) is 42.8 Å². The third kappa shape index (κ3) is 5.94. The Hall–Kier alpha value is -2.83. The van der Waals surface area contributed by atoms with E-state index >= 15 is 0 Å². The molecule has 0 saturated carbocycles. The molecule has 2 aliphatic heterocycles. The summed E-state index contributed by atoms with van der Waals surface area (Å²) in [5, 5.41) is 7.37. The molecule has 0 spiro atoms. The highest BCUT2D eigenvalue weighted by atomic mass is 35.5. The Balaban J connectivity index is 1.32. The molecule has 1 N–H and O–H groups in total. The summed E-state index contributed by atoms with van der Waals surface area (Å²) in [6.07, 6.45) is -1.54. The zero-order valence-electron chi connectivity index (χ0n) is 22.1. The number of hydrogen-bond donors (Lipinski definition) is 1. The fraction of sp³-hybridized carbons (Fsp3) is 0.538. The molecule has 14 heteroatoms. The van der Waals surface area contributed by atoms with Crippen molar-refractivity contribution in [3.05, 3.63) is 45.7 Å². The highest BCUT2D eigenvalue weighted by molar-refractivity contribution is 6.35. The zero-order chi connectivity index (χ0) is 28.6. The number of carbonyl (C=O) groups is 1. The number of alkyl halides is 3. The second-order valence-electron chi connectivity index (χ2n) is 10.3. The summed E-state index contributed by atoms with van der Waals surface area (Å²) in [5.74, 6) is 1.45. The Bertz CT molecular complexity index is 1380. The number of nitrogens with one attached hydrogen (secondary N) is 1. The standard InChI is InChI=1S/C26H30Cl2F3N7O2/c1-15(19-6-5-18(27)10-20(19)28)38-24-22(23(35-38)26(29,30)31)33-11-21(34-24)37-13-17(14-37)16-4-3-8-36(12-16)9-7-32-25(39)40-2/h5-6,10-11,15-17H,3-4,7-9,12-14H2,1-2H3,(H,32,39)/t15-,16-/m1/s1. The van der Waals surface area contributed by atoms with Gasteiger partial charge in [-0.05, 0) is 55.8 Å². The summed E-state index contributed by atoms with van der Waals surface area (Å²) >= 11 is 12.4. The molecule has 3 aromatic rings. The fourth-order valence-electron chi connectivity index (χ4n) is 5.55. The van der Waals surface area contributed by atoms with Crippen molar-refractivity contribution < 1.29 is 22.7 Å². The summed E-state index contributed by atoms with van der Waals surface area (Å²) in [7, 11) is 1.34. The highest BCUT2D eigenvalue weighted by Crippen LogP contribution is 2.38. The zero-order valence-corrected chi connectivity index (χ0v) is 23.6. The molecule has 216 valence electrons. The van der Waals surface area contributed by atoms with Crippen LogP contribution < -0.4 is 10.2 Å². The molecule has 5 rings (SSSR count). The van der Waals surface area contributed by atoms with Crippen molar-refractivity contribution in [3.8, 4) is 0 Å². The molecule has 2 saturated heterocycles. The maximum Gasteiger partial charge on any atom is 0.437 e. The van der Waals surface area contributed by atoms with E-state index in [1.165, 1.54) is 18.0 Å². The SMILES string of the molecule is COC(=O)NCCN1CCC[C@@H](C2CN(c3cnc4c(C(F)(F)F)nn([C@H](C)c5ccc(Cl)cc5Cl)c4n3)C2)C1. The van der Waals surface area contributed by atoms with E-state index in [0.717, 1.165) is 45.6 Å². The lowest BCUT2D eigenvalue weighted by atomic mass is 9.80. The second kappa shape index (κ2) is 11.6. The first-order chi connectivity index (χ1) is 19.0. The van der Waals surface area contributed by atoms with E-state index in [0.29, 0.717) is 39.8 Å². The van der Waals surface area contributed by atoms with Crippen LogP contribution in [0.5, 0.6) is 0 Å². The summed E-state index contributed by atoms with van der Waals surface area (Å²) < 4.78 is 47.4. The summed E-state index contributed by atoms with van der Waals surface area (Å²) in [6, 6.07) is 4.21. The van der Waals surface area contributed by atoms with Gasteiger partial charge < -0.3 is 19.9 Å². The number of benzene rings is 1. The van der Waals surface area contributed by atoms with Gasteiger partial charge in [-0.25, -0.2) is 19.4 Å².